The first-order valence-corrected chi connectivity index (χ1v) is 6.36. The minimum Gasteiger partial charge on any atom is -0.480 e. The second kappa shape index (κ2) is 4.94. The van der Waals surface area contributed by atoms with Crippen LogP contribution in [0.1, 0.15) is 39.0 Å². The zero-order valence-electron chi connectivity index (χ0n) is 10.1. The van der Waals surface area contributed by atoms with Gasteiger partial charge in [0.05, 0.1) is 0 Å². The Morgan fingerprint density at radius 1 is 1.24 bits per heavy atom. The predicted molar refractivity (Wildman–Crippen MR) is 62.6 cm³/mol. The van der Waals surface area contributed by atoms with E-state index in [9.17, 15) is 9.59 Å². The number of carboxylic acid groups (broad SMARTS) is 1. The Hall–Kier alpha value is -1.26. The van der Waals surface area contributed by atoms with Gasteiger partial charge in [-0.3, -0.25) is 0 Å². The molecule has 2 amide bonds. The summed E-state index contributed by atoms with van der Waals surface area (Å²) in [6.45, 7) is 1.96. The standard InChI is InChI=1S/C12H20N2O3/c1-7(6-8-2-3-8)13-12(17)14-10(11(15)16)9-4-5-9/h7-10H,2-6H2,1H3,(H,15,16)(H2,13,14,17). The lowest BCUT2D eigenvalue weighted by Gasteiger charge is -2.17. The molecule has 2 rings (SSSR count). The first kappa shape index (κ1) is 12.2. The molecule has 2 atom stereocenters. The van der Waals surface area contributed by atoms with Crippen molar-refractivity contribution in [3.63, 3.8) is 0 Å². The number of carbonyl (C=O) groups excluding carboxylic acids is 1. The number of amides is 2. The molecule has 0 heterocycles. The number of hydrogen-bond acceptors (Lipinski definition) is 2. The van der Waals surface area contributed by atoms with Gasteiger partial charge in [-0.15, -0.1) is 0 Å². The van der Waals surface area contributed by atoms with Gasteiger partial charge in [-0.05, 0) is 38.0 Å². The van der Waals surface area contributed by atoms with Crippen LogP contribution in [0, 0.1) is 11.8 Å². The Bertz CT molecular complexity index is 311. The highest BCUT2D eigenvalue weighted by molar-refractivity contribution is 5.83. The molecule has 2 saturated carbocycles. The highest BCUT2D eigenvalue weighted by Gasteiger charge is 2.37. The first-order valence-electron chi connectivity index (χ1n) is 6.36. The SMILES string of the molecule is CC(CC1CC1)NC(=O)NC(C(=O)O)C1CC1. The zero-order chi connectivity index (χ0) is 12.4. The maximum absolute atomic E-state index is 11.6. The van der Waals surface area contributed by atoms with Crippen molar-refractivity contribution >= 4 is 12.0 Å². The molecule has 0 saturated heterocycles. The third kappa shape index (κ3) is 3.91. The van der Waals surface area contributed by atoms with Gasteiger partial charge < -0.3 is 15.7 Å². The molecule has 0 aromatic rings. The maximum Gasteiger partial charge on any atom is 0.326 e. The lowest BCUT2D eigenvalue weighted by Crippen LogP contribution is -2.49. The monoisotopic (exact) mass is 240 g/mol. The third-order valence-electron chi connectivity index (χ3n) is 3.41. The summed E-state index contributed by atoms with van der Waals surface area (Å²) in [5.74, 6) is -0.0570. The Kier molecular flexibility index (Phi) is 3.54. The van der Waals surface area contributed by atoms with Gasteiger partial charge in [-0.2, -0.15) is 0 Å². The van der Waals surface area contributed by atoms with Crippen LogP contribution < -0.4 is 10.6 Å². The number of aliphatic carboxylic acids is 1. The molecular formula is C12H20N2O3. The molecule has 0 aromatic heterocycles. The number of urea groups is 1. The number of carboxylic acids is 1. The van der Waals surface area contributed by atoms with E-state index in [2.05, 4.69) is 10.6 Å². The zero-order valence-corrected chi connectivity index (χ0v) is 10.1. The van der Waals surface area contributed by atoms with E-state index in [-0.39, 0.29) is 18.0 Å². The number of carbonyl (C=O) groups is 2. The summed E-state index contributed by atoms with van der Waals surface area (Å²) in [7, 11) is 0. The van der Waals surface area contributed by atoms with Crippen molar-refractivity contribution in [1.82, 2.24) is 10.6 Å². The van der Waals surface area contributed by atoms with E-state index in [1.165, 1.54) is 12.8 Å². The minimum atomic E-state index is -0.933. The lowest BCUT2D eigenvalue weighted by atomic mass is 10.1. The molecule has 2 aliphatic carbocycles. The van der Waals surface area contributed by atoms with Crippen LogP contribution in [-0.2, 0) is 4.79 Å². The van der Waals surface area contributed by atoms with E-state index in [0.717, 1.165) is 25.2 Å². The topological polar surface area (TPSA) is 78.4 Å². The Morgan fingerprint density at radius 3 is 2.35 bits per heavy atom. The van der Waals surface area contributed by atoms with Gasteiger partial charge in [-0.1, -0.05) is 12.8 Å². The van der Waals surface area contributed by atoms with Crippen LogP contribution in [0.3, 0.4) is 0 Å². The molecule has 96 valence electrons. The number of hydrogen-bond donors (Lipinski definition) is 3. The fraction of sp³-hybridized carbons (Fsp3) is 0.833. The van der Waals surface area contributed by atoms with Crippen LogP contribution in [0.25, 0.3) is 0 Å². The van der Waals surface area contributed by atoms with Gasteiger partial charge >= 0.3 is 12.0 Å². The van der Waals surface area contributed by atoms with Gasteiger partial charge in [0, 0.05) is 6.04 Å². The predicted octanol–water partition coefficient (Wildman–Crippen LogP) is 1.34. The summed E-state index contributed by atoms with van der Waals surface area (Å²) in [5, 5.41) is 14.3. The molecule has 0 aliphatic heterocycles. The van der Waals surface area contributed by atoms with Gasteiger partial charge in [0.1, 0.15) is 6.04 Å². The average molecular weight is 240 g/mol. The fourth-order valence-corrected chi connectivity index (χ4v) is 2.13. The molecule has 5 nitrogen and oxygen atoms in total. The smallest absolute Gasteiger partial charge is 0.326 e. The highest BCUT2D eigenvalue weighted by Crippen LogP contribution is 2.34. The van der Waals surface area contributed by atoms with Crippen molar-refractivity contribution in [2.45, 2.75) is 51.1 Å². The molecule has 0 radical (unpaired) electrons. The first-order chi connectivity index (χ1) is 8.06. The Morgan fingerprint density at radius 2 is 1.88 bits per heavy atom. The van der Waals surface area contributed by atoms with Gasteiger partial charge in [0.2, 0.25) is 0 Å². The second-order valence-corrected chi connectivity index (χ2v) is 5.35. The van der Waals surface area contributed by atoms with Crippen LogP contribution in [0.5, 0.6) is 0 Å². The average Bonchev–Trinajstić information content (AvgIpc) is 3.06. The summed E-state index contributed by atoms with van der Waals surface area (Å²) in [5.41, 5.74) is 0. The van der Waals surface area contributed by atoms with Crippen molar-refractivity contribution in [3.8, 4) is 0 Å². The van der Waals surface area contributed by atoms with E-state index in [0.29, 0.717) is 0 Å². The summed E-state index contributed by atoms with van der Waals surface area (Å²) >= 11 is 0. The molecule has 0 spiro atoms. The van der Waals surface area contributed by atoms with Gasteiger partial charge in [0.25, 0.3) is 0 Å². The third-order valence-corrected chi connectivity index (χ3v) is 3.41. The Labute approximate surface area is 101 Å². The molecule has 5 heteroatoms. The van der Waals surface area contributed by atoms with Crippen molar-refractivity contribution < 1.29 is 14.7 Å². The number of rotatable bonds is 6. The van der Waals surface area contributed by atoms with E-state index < -0.39 is 12.0 Å². The fourth-order valence-electron chi connectivity index (χ4n) is 2.13. The van der Waals surface area contributed by atoms with Crippen LogP contribution in [0.4, 0.5) is 4.79 Å². The highest BCUT2D eigenvalue weighted by atomic mass is 16.4. The Balaban J connectivity index is 1.72. The molecule has 0 bridgehead atoms. The van der Waals surface area contributed by atoms with Crippen LogP contribution in [0.2, 0.25) is 0 Å². The van der Waals surface area contributed by atoms with Crippen molar-refractivity contribution in [1.29, 1.82) is 0 Å². The molecule has 17 heavy (non-hydrogen) atoms. The van der Waals surface area contributed by atoms with Gasteiger partial charge in [0.15, 0.2) is 0 Å². The summed E-state index contributed by atoms with van der Waals surface area (Å²) < 4.78 is 0. The maximum atomic E-state index is 11.6. The van der Waals surface area contributed by atoms with Crippen LogP contribution in [-0.4, -0.2) is 29.2 Å². The lowest BCUT2D eigenvalue weighted by molar-refractivity contribution is -0.139. The largest absolute Gasteiger partial charge is 0.480 e. The van der Waals surface area contributed by atoms with E-state index in [1.54, 1.807) is 0 Å². The molecule has 3 N–H and O–H groups in total. The van der Waals surface area contributed by atoms with Crippen LogP contribution in [0.15, 0.2) is 0 Å². The van der Waals surface area contributed by atoms with E-state index in [4.69, 9.17) is 5.11 Å². The van der Waals surface area contributed by atoms with Gasteiger partial charge in [-0.25, -0.2) is 9.59 Å². The molecule has 0 aromatic carbocycles. The van der Waals surface area contributed by atoms with E-state index in [1.807, 2.05) is 6.92 Å². The van der Waals surface area contributed by atoms with E-state index >= 15 is 0 Å². The summed E-state index contributed by atoms with van der Waals surface area (Å²) in [6, 6.07) is -0.947. The quantitative estimate of drug-likeness (QED) is 0.655. The van der Waals surface area contributed by atoms with Crippen molar-refractivity contribution in [3.05, 3.63) is 0 Å². The summed E-state index contributed by atoms with van der Waals surface area (Å²) in [4.78, 5) is 22.6. The normalized spacial score (nSPS) is 22.6. The van der Waals surface area contributed by atoms with Crippen molar-refractivity contribution in [2.24, 2.45) is 11.8 Å². The van der Waals surface area contributed by atoms with Crippen molar-refractivity contribution in [2.75, 3.05) is 0 Å². The summed E-state index contributed by atoms with van der Waals surface area (Å²) in [6.07, 6.45) is 5.30. The second-order valence-electron chi connectivity index (χ2n) is 5.35. The minimum absolute atomic E-state index is 0.121. The molecule has 2 aliphatic rings. The molecule has 2 fully saturated rings. The molecule has 2 unspecified atom stereocenters. The molecular weight excluding hydrogens is 220 g/mol. The van der Waals surface area contributed by atoms with Crippen LogP contribution >= 0.6 is 0 Å². The number of nitrogens with one attached hydrogen (secondary N) is 2.